The first-order valence-electron chi connectivity index (χ1n) is 6.63. The standard InChI is InChI=1S/C15H12N4O3S/c20-23(21,11-10-13-4-2-1-3-5-13)22-15-8-6-14(7-9-15)19-12-16-17-18-19/h1-12H/b11-10+. The Hall–Kier alpha value is -3.00. The lowest BCUT2D eigenvalue weighted by molar-refractivity contribution is 0.497. The van der Waals surface area contributed by atoms with Crippen molar-refractivity contribution in [3.8, 4) is 11.4 Å². The highest BCUT2D eigenvalue weighted by Crippen LogP contribution is 2.17. The molecule has 23 heavy (non-hydrogen) atoms. The van der Waals surface area contributed by atoms with Crippen molar-refractivity contribution < 1.29 is 12.6 Å². The van der Waals surface area contributed by atoms with E-state index >= 15 is 0 Å². The van der Waals surface area contributed by atoms with E-state index in [0.717, 1.165) is 11.0 Å². The third-order valence-corrected chi connectivity index (χ3v) is 3.78. The quantitative estimate of drug-likeness (QED) is 0.666. The molecule has 0 N–H and O–H groups in total. The Labute approximate surface area is 133 Å². The van der Waals surface area contributed by atoms with Gasteiger partial charge in [-0.3, -0.25) is 0 Å². The van der Waals surface area contributed by atoms with Crippen LogP contribution in [0, 0.1) is 0 Å². The molecule has 0 aliphatic heterocycles. The maximum atomic E-state index is 11.9. The number of tetrazole rings is 1. The molecule has 0 saturated heterocycles. The van der Waals surface area contributed by atoms with Gasteiger partial charge in [0.1, 0.15) is 12.1 Å². The SMILES string of the molecule is O=S(=O)(/C=C/c1ccccc1)Oc1ccc(-n2cnnn2)cc1. The number of rotatable bonds is 5. The van der Waals surface area contributed by atoms with Crippen LogP contribution in [0.2, 0.25) is 0 Å². The molecule has 116 valence electrons. The van der Waals surface area contributed by atoms with Crippen molar-refractivity contribution in [2.75, 3.05) is 0 Å². The zero-order valence-electron chi connectivity index (χ0n) is 11.9. The lowest BCUT2D eigenvalue weighted by Gasteiger charge is -2.04. The van der Waals surface area contributed by atoms with Gasteiger partial charge in [-0.15, -0.1) is 5.10 Å². The molecule has 0 saturated carbocycles. The molecule has 0 aliphatic carbocycles. The van der Waals surface area contributed by atoms with Crippen molar-refractivity contribution in [2.24, 2.45) is 0 Å². The summed E-state index contributed by atoms with van der Waals surface area (Å²) in [5.74, 6) is 0.208. The minimum atomic E-state index is -3.83. The summed E-state index contributed by atoms with van der Waals surface area (Å²) < 4.78 is 30.4. The molecule has 0 bridgehead atoms. The predicted octanol–water partition coefficient (Wildman–Crippen LogP) is 2.04. The minimum Gasteiger partial charge on any atom is -0.379 e. The summed E-state index contributed by atoms with van der Waals surface area (Å²) >= 11 is 0. The Morgan fingerprint density at radius 2 is 1.74 bits per heavy atom. The molecule has 7 nitrogen and oxygen atoms in total. The summed E-state index contributed by atoms with van der Waals surface area (Å²) in [5.41, 5.74) is 1.47. The van der Waals surface area contributed by atoms with Gasteiger partial charge in [0, 0.05) is 0 Å². The van der Waals surface area contributed by atoms with E-state index in [9.17, 15) is 8.42 Å². The molecular formula is C15H12N4O3S. The molecule has 0 radical (unpaired) electrons. The summed E-state index contributed by atoms with van der Waals surface area (Å²) in [6.45, 7) is 0. The van der Waals surface area contributed by atoms with E-state index in [1.54, 1.807) is 24.3 Å². The van der Waals surface area contributed by atoms with E-state index in [2.05, 4.69) is 15.5 Å². The van der Waals surface area contributed by atoms with Gasteiger partial charge in [-0.05, 0) is 46.3 Å². The second-order valence-corrected chi connectivity index (χ2v) is 5.96. The smallest absolute Gasteiger partial charge is 0.332 e. The first kappa shape index (κ1) is 14.9. The average molecular weight is 328 g/mol. The molecule has 0 atom stereocenters. The number of hydrogen-bond acceptors (Lipinski definition) is 6. The lowest BCUT2D eigenvalue weighted by atomic mass is 10.2. The fraction of sp³-hybridized carbons (Fsp3) is 0. The topological polar surface area (TPSA) is 87.0 Å². The van der Waals surface area contributed by atoms with Crippen LogP contribution in [0.4, 0.5) is 0 Å². The van der Waals surface area contributed by atoms with Crippen LogP contribution in [-0.2, 0) is 10.1 Å². The van der Waals surface area contributed by atoms with Gasteiger partial charge in [-0.1, -0.05) is 30.3 Å². The van der Waals surface area contributed by atoms with Crippen molar-refractivity contribution in [1.29, 1.82) is 0 Å². The van der Waals surface area contributed by atoms with Crippen LogP contribution in [0.3, 0.4) is 0 Å². The number of nitrogens with zero attached hydrogens (tertiary/aromatic N) is 4. The van der Waals surface area contributed by atoms with Crippen molar-refractivity contribution in [2.45, 2.75) is 0 Å². The maximum Gasteiger partial charge on any atom is 0.332 e. The van der Waals surface area contributed by atoms with Gasteiger partial charge in [0.05, 0.1) is 11.1 Å². The van der Waals surface area contributed by atoms with Gasteiger partial charge in [-0.25, -0.2) is 4.68 Å². The van der Waals surface area contributed by atoms with Crippen molar-refractivity contribution in [3.63, 3.8) is 0 Å². The first-order valence-corrected chi connectivity index (χ1v) is 8.11. The van der Waals surface area contributed by atoms with Gasteiger partial charge >= 0.3 is 10.1 Å². The van der Waals surface area contributed by atoms with E-state index in [0.29, 0.717) is 5.69 Å². The van der Waals surface area contributed by atoms with Gasteiger partial charge in [0.15, 0.2) is 0 Å². The van der Waals surface area contributed by atoms with Crippen LogP contribution in [0.1, 0.15) is 5.56 Å². The van der Waals surface area contributed by atoms with Gasteiger partial charge in [0.2, 0.25) is 0 Å². The Morgan fingerprint density at radius 3 is 2.39 bits per heavy atom. The molecule has 8 heteroatoms. The highest BCUT2D eigenvalue weighted by molar-refractivity contribution is 7.90. The van der Waals surface area contributed by atoms with Gasteiger partial charge < -0.3 is 4.18 Å². The van der Waals surface area contributed by atoms with Crippen LogP contribution >= 0.6 is 0 Å². The summed E-state index contributed by atoms with van der Waals surface area (Å²) in [7, 11) is -3.83. The van der Waals surface area contributed by atoms with Crippen LogP contribution < -0.4 is 4.18 Å². The lowest BCUT2D eigenvalue weighted by Crippen LogP contribution is -2.05. The zero-order chi connectivity index (χ0) is 16.1. The van der Waals surface area contributed by atoms with Crippen molar-refractivity contribution >= 4 is 16.2 Å². The molecule has 0 unspecified atom stereocenters. The molecule has 3 aromatic rings. The normalized spacial score (nSPS) is 11.7. The molecule has 0 aliphatic rings. The largest absolute Gasteiger partial charge is 0.379 e. The van der Waals surface area contributed by atoms with Crippen LogP contribution in [0.15, 0.2) is 66.3 Å². The van der Waals surface area contributed by atoms with Gasteiger partial charge in [0.25, 0.3) is 0 Å². The summed E-state index contributed by atoms with van der Waals surface area (Å²) in [5, 5.41) is 11.8. The first-order chi connectivity index (χ1) is 11.1. The third-order valence-electron chi connectivity index (χ3n) is 2.89. The Kier molecular flexibility index (Phi) is 4.15. The van der Waals surface area contributed by atoms with Gasteiger partial charge in [-0.2, -0.15) is 8.42 Å². The van der Waals surface area contributed by atoms with Crippen LogP contribution in [0.5, 0.6) is 5.75 Å². The van der Waals surface area contributed by atoms with Crippen molar-refractivity contribution in [3.05, 3.63) is 71.9 Å². The fourth-order valence-corrected chi connectivity index (χ4v) is 2.58. The third kappa shape index (κ3) is 4.01. The number of aromatic nitrogens is 4. The molecule has 0 spiro atoms. The average Bonchev–Trinajstić information content (AvgIpc) is 3.09. The molecular weight excluding hydrogens is 316 g/mol. The predicted molar refractivity (Wildman–Crippen MR) is 84.2 cm³/mol. The van der Waals surface area contributed by atoms with E-state index in [4.69, 9.17) is 4.18 Å². The second-order valence-electron chi connectivity index (χ2n) is 4.54. The molecule has 2 aromatic carbocycles. The highest BCUT2D eigenvalue weighted by atomic mass is 32.2. The fourth-order valence-electron chi connectivity index (χ4n) is 1.82. The van der Waals surface area contributed by atoms with E-state index < -0.39 is 10.1 Å². The number of benzene rings is 2. The highest BCUT2D eigenvalue weighted by Gasteiger charge is 2.08. The molecule has 0 amide bonds. The second kappa shape index (κ2) is 6.41. The molecule has 0 fully saturated rings. The van der Waals surface area contributed by atoms with Crippen LogP contribution in [0.25, 0.3) is 11.8 Å². The Bertz CT molecular complexity index is 890. The minimum absolute atomic E-state index is 0.208. The zero-order valence-corrected chi connectivity index (χ0v) is 12.7. The Morgan fingerprint density at radius 1 is 1.00 bits per heavy atom. The van der Waals surface area contributed by atoms with E-state index in [1.807, 2.05) is 18.2 Å². The summed E-state index contributed by atoms with van der Waals surface area (Å²) in [6, 6.07) is 15.5. The maximum absolute atomic E-state index is 11.9. The van der Waals surface area contributed by atoms with E-state index in [1.165, 1.54) is 29.2 Å². The monoisotopic (exact) mass is 328 g/mol. The Balaban J connectivity index is 1.72. The summed E-state index contributed by atoms with van der Waals surface area (Å²) in [6.07, 6.45) is 2.92. The summed E-state index contributed by atoms with van der Waals surface area (Å²) in [4.78, 5) is 0. The van der Waals surface area contributed by atoms with Crippen molar-refractivity contribution in [1.82, 2.24) is 20.2 Å². The molecule has 1 aromatic heterocycles. The van der Waals surface area contributed by atoms with E-state index in [-0.39, 0.29) is 5.75 Å². The number of hydrogen-bond donors (Lipinski definition) is 0. The van der Waals surface area contributed by atoms with Crippen LogP contribution in [-0.4, -0.2) is 28.6 Å². The molecule has 1 heterocycles. The molecule has 3 rings (SSSR count).